The average Bonchev–Trinajstić information content (AvgIpc) is 2.46. The molecule has 0 unspecified atom stereocenters. The molecule has 0 aromatic carbocycles. The minimum atomic E-state index is -3.47. The smallest absolute Gasteiger partial charge is 0.310 e. The lowest BCUT2D eigenvalue weighted by Gasteiger charge is -2.39. The SMILES string of the molecule is CCOC(=O)[C@@H]1CCCN(S(=O)(=O)N2C[C@H](C)C[C@@H](C)C2)C1. The Bertz CT molecular complexity index is 484. The van der Waals surface area contributed by atoms with Gasteiger partial charge in [0.2, 0.25) is 0 Å². The number of carbonyl (C=O) groups excluding carboxylic acids is 1. The number of carbonyl (C=O) groups is 1. The van der Waals surface area contributed by atoms with Gasteiger partial charge in [-0.15, -0.1) is 0 Å². The van der Waals surface area contributed by atoms with Crippen LogP contribution in [-0.4, -0.2) is 55.8 Å². The largest absolute Gasteiger partial charge is 0.466 e. The highest BCUT2D eigenvalue weighted by Crippen LogP contribution is 2.27. The molecular weight excluding hydrogens is 304 g/mol. The highest BCUT2D eigenvalue weighted by Gasteiger charge is 2.38. The Kier molecular flexibility index (Phi) is 5.85. The van der Waals surface area contributed by atoms with Gasteiger partial charge in [0.25, 0.3) is 10.2 Å². The molecule has 0 saturated carbocycles. The van der Waals surface area contributed by atoms with Crippen LogP contribution in [0.15, 0.2) is 0 Å². The molecule has 2 saturated heterocycles. The summed E-state index contributed by atoms with van der Waals surface area (Å²) in [6.07, 6.45) is 2.48. The van der Waals surface area contributed by atoms with Gasteiger partial charge in [-0.3, -0.25) is 4.79 Å². The zero-order valence-corrected chi connectivity index (χ0v) is 14.6. The Morgan fingerprint density at radius 2 is 1.77 bits per heavy atom. The molecule has 2 aliphatic rings. The van der Waals surface area contributed by atoms with Crippen molar-refractivity contribution in [2.75, 3.05) is 32.8 Å². The zero-order valence-electron chi connectivity index (χ0n) is 13.8. The fourth-order valence-electron chi connectivity index (χ4n) is 3.56. The first kappa shape index (κ1) is 17.7. The molecule has 0 aromatic rings. The van der Waals surface area contributed by atoms with Crippen LogP contribution in [0.1, 0.15) is 40.0 Å². The van der Waals surface area contributed by atoms with Crippen LogP contribution < -0.4 is 0 Å². The number of hydrogen-bond acceptors (Lipinski definition) is 4. The summed E-state index contributed by atoms with van der Waals surface area (Å²) in [5.74, 6) is 0.152. The molecule has 128 valence electrons. The van der Waals surface area contributed by atoms with E-state index in [1.54, 1.807) is 11.2 Å². The lowest BCUT2D eigenvalue weighted by atomic mass is 9.94. The third-order valence-electron chi connectivity index (χ3n) is 4.49. The molecule has 2 aliphatic heterocycles. The van der Waals surface area contributed by atoms with Crippen LogP contribution in [0.2, 0.25) is 0 Å². The molecule has 22 heavy (non-hydrogen) atoms. The zero-order chi connectivity index (χ0) is 16.3. The van der Waals surface area contributed by atoms with E-state index in [2.05, 4.69) is 13.8 Å². The predicted molar refractivity (Wildman–Crippen MR) is 84.4 cm³/mol. The maximum atomic E-state index is 12.9. The molecule has 0 radical (unpaired) electrons. The summed E-state index contributed by atoms with van der Waals surface area (Å²) in [4.78, 5) is 11.9. The van der Waals surface area contributed by atoms with E-state index >= 15 is 0 Å². The molecule has 0 aliphatic carbocycles. The van der Waals surface area contributed by atoms with Crippen LogP contribution in [0.3, 0.4) is 0 Å². The second-order valence-corrected chi connectivity index (χ2v) is 8.65. The summed E-state index contributed by atoms with van der Waals surface area (Å²) in [5.41, 5.74) is 0. The third kappa shape index (κ3) is 4.00. The van der Waals surface area contributed by atoms with E-state index in [9.17, 15) is 13.2 Å². The van der Waals surface area contributed by atoms with Crippen LogP contribution in [0, 0.1) is 17.8 Å². The lowest BCUT2D eigenvalue weighted by molar-refractivity contribution is -0.149. The van der Waals surface area contributed by atoms with E-state index in [0.29, 0.717) is 50.9 Å². The van der Waals surface area contributed by atoms with Gasteiger partial charge in [0.1, 0.15) is 0 Å². The molecule has 0 spiro atoms. The molecule has 0 aromatic heterocycles. The highest BCUT2D eigenvalue weighted by atomic mass is 32.2. The maximum Gasteiger partial charge on any atom is 0.310 e. The van der Waals surface area contributed by atoms with Gasteiger partial charge in [-0.25, -0.2) is 0 Å². The summed E-state index contributed by atoms with van der Waals surface area (Å²) >= 11 is 0. The van der Waals surface area contributed by atoms with Crippen LogP contribution in [-0.2, 0) is 19.7 Å². The van der Waals surface area contributed by atoms with E-state index < -0.39 is 10.2 Å². The van der Waals surface area contributed by atoms with Crippen molar-refractivity contribution >= 4 is 16.2 Å². The summed E-state index contributed by atoms with van der Waals surface area (Å²) in [6, 6.07) is 0. The van der Waals surface area contributed by atoms with Crippen LogP contribution >= 0.6 is 0 Å². The van der Waals surface area contributed by atoms with Gasteiger partial charge in [0.05, 0.1) is 12.5 Å². The van der Waals surface area contributed by atoms with Crippen molar-refractivity contribution in [2.45, 2.75) is 40.0 Å². The number of rotatable bonds is 4. The maximum absolute atomic E-state index is 12.9. The summed E-state index contributed by atoms with van der Waals surface area (Å²) in [7, 11) is -3.47. The van der Waals surface area contributed by atoms with E-state index in [1.807, 2.05) is 0 Å². The van der Waals surface area contributed by atoms with Crippen molar-refractivity contribution in [3.05, 3.63) is 0 Å². The van der Waals surface area contributed by atoms with Gasteiger partial charge in [0, 0.05) is 26.2 Å². The molecule has 3 atom stereocenters. The van der Waals surface area contributed by atoms with Crippen LogP contribution in [0.25, 0.3) is 0 Å². The number of esters is 1. The predicted octanol–water partition coefficient (Wildman–Crippen LogP) is 1.48. The van der Waals surface area contributed by atoms with E-state index in [4.69, 9.17) is 4.74 Å². The number of hydrogen-bond donors (Lipinski definition) is 0. The van der Waals surface area contributed by atoms with E-state index in [1.165, 1.54) is 4.31 Å². The lowest BCUT2D eigenvalue weighted by Crippen LogP contribution is -2.52. The van der Waals surface area contributed by atoms with Crippen molar-refractivity contribution in [1.29, 1.82) is 0 Å². The average molecular weight is 332 g/mol. The molecule has 6 nitrogen and oxygen atoms in total. The molecular formula is C15H28N2O4S. The molecule has 0 amide bonds. The highest BCUT2D eigenvalue weighted by molar-refractivity contribution is 7.86. The van der Waals surface area contributed by atoms with Gasteiger partial charge < -0.3 is 4.74 Å². The fourth-order valence-corrected chi connectivity index (χ4v) is 5.50. The summed E-state index contributed by atoms with van der Waals surface area (Å²) < 4.78 is 33.8. The first-order chi connectivity index (χ1) is 10.3. The Balaban J connectivity index is 2.06. The van der Waals surface area contributed by atoms with Crippen molar-refractivity contribution in [2.24, 2.45) is 17.8 Å². The van der Waals surface area contributed by atoms with Gasteiger partial charge in [-0.05, 0) is 38.0 Å². The second kappa shape index (κ2) is 7.27. The first-order valence-electron chi connectivity index (χ1n) is 8.26. The monoisotopic (exact) mass is 332 g/mol. The topological polar surface area (TPSA) is 66.9 Å². The molecule has 0 bridgehead atoms. The van der Waals surface area contributed by atoms with Gasteiger partial charge in [-0.1, -0.05) is 13.8 Å². The Morgan fingerprint density at radius 3 is 2.36 bits per heavy atom. The fraction of sp³-hybridized carbons (Fsp3) is 0.933. The van der Waals surface area contributed by atoms with Crippen LogP contribution in [0.5, 0.6) is 0 Å². The normalized spacial score (nSPS) is 31.9. The van der Waals surface area contributed by atoms with Crippen molar-refractivity contribution in [3.8, 4) is 0 Å². The summed E-state index contributed by atoms with van der Waals surface area (Å²) in [5, 5.41) is 0. The standard InChI is InChI=1S/C15H28N2O4S/c1-4-21-15(18)14-6-5-7-16(11-14)22(19,20)17-9-12(2)8-13(3)10-17/h12-14H,4-11H2,1-3H3/t12-,13-,14-/m1/s1. The molecule has 7 heteroatoms. The third-order valence-corrected chi connectivity index (χ3v) is 6.43. The molecule has 0 N–H and O–H groups in total. The molecule has 2 fully saturated rings. The number of piperidine rings is 2. The van der Waals surface area contributed by atoms with Gasteiger partial charge in [-0.2, -0.15) is 17.0 Å². The second-order valence-electron chi connectivity index (χ2n) is 6.72. The molecule has 2 rings (SSSR count). The van der Waals surface area contributed by atoms with Crippen molar-refractivity contribution in [1.82, 2.24) is 8.61 Å². The number of nitrogens with zero attached hydrogens (tertiary/aromatic N) is 2. The van der Waals surface area contributed by atoms with Crippen molar-refractivity contribution in [3.63, 3.8) is 0 Å². The van der Waals surface area contributed by atoms with E-state index in [-0.39, 0.29) is 18.4 Å². The Labute approximate surface area is 134 Å². The molecule has 2 heterocycles. The first-order valence-corrected chi connectivity index (χ1v) is 9.66. The van der Waals surface area contributed by atoms with Gasteiger partial charge in [0.15, 0.2) is 0 Å². The Morgan fingerprint density at radius 1 is 1.14 bits per heavy atom. The Hall–Kier alpha value is -0.660. The van der Waals surface area contributed by atoms with Crippen LogP contribution in [0.4, 0.5) is 0 Å². The number of ether oxygens (including phenoxy) is 1. The minimum Gasteiger partial charge on any atom is -0.466 e. The quantitative estimate of drug-likeness (QED) is 0.732. The minimum absolute atomic E-state index is 0.250. The van der Waals surface area contributed by atoms with E-state index in [0.717, 1.165) is 6.42 Å². The summed E-state index contributed by atoms with van der Waals surface area (Å²) in [6.45, 7) is 8.19. The van der Waals surface area contributed by atoms with Gasteiger partial charge >= 0.3 is 5.97 Å². The van der Waals surface area contributed by atoms with Crippen molar-refractivity contribution < 1.29 is 17.9 Å².